The molecule has 6 heteroatoms. The number of rotatable bonds is 2. The predicted molar refractivity (Wildman–Crippen MR) is 89.2 cm³/mol. The molecule has 0 radical (unpaired) electrons. The molecule has 0 saturated carbocycles. The molecule has 1 aromatic heterocycles. The summed E-state index contributed by atoms with van der Waals surface area (Å²) in [6.45, 7) is 0. The van der Waals surface area contributed by atoms with E-state index in [9.17, 15) is 9.90 Å². The van der Waals surface area contributed by atoms with E-state index in [-0.39, 0.29) is 22.2 Å². The first-order valence-electron chi connectivity index (χ1n) is 6.39. The van der Waals surface area contributed by atoms with E-state index in [0.717, 1.165) is 0 Å². The van der Waals surface area contributed by atoms with Crippen molar-refractivity contribution in [3.63, 3.8) is 0 Å². The van der Waals surface area contributed by atoms with E-state index < -0.39 is 0 Å². The zero-order chi connectivity index (χ0) is 15.7. The molecule has 0 saturated heterocycles. The first kappa shape index (κ1) is 14.6. The van der Waals surface area contributed by atoms with Crippen LogP contribution in [-0.2, 0) is 0 Å². The second-order valence-electron chi connectivity index (χ2n) is 4.66. The molecule has 0 aliphatic heterocycles. The second-order valence-corrected chi connectivity index (χ2v) is 5.51. The largest absolute Gasteiger partial charge is 0.508 e. The van der Waals surface area contributed by atoms with Crippen molar-refractivity contribution in [1.82, 2.24) is 9.97 Å². The van der Waals surface area contributed by atoms with E-state index in [1.807, 2.05) is 0 Å². The fourth-order valence-corrected chi connectivity index (χ4v) is 2.44. The average Bonchev–Trinajstić information content (AvgIpc) is 2.48. The molecule has 22 heavy (non-hydrogen) atoms. The molecule has 1 heterocycles. The van der Waals surface area contributed by atoms with Crippen LogP contribution in [0.4, 0.5) is 0 Å². The van der Waals surface area contributed by atoms with Crippen LogP contribution in [0.2, 0.25) is 5.02 Å². The van der Waals surface area contributed by atoms with Crippen molar-refractivity contribution in [2.24, 2.45) is 0 Å². The van der Waals surface area contributed by atoms with Gasteiger partial charge in [0, 0.05) is 5.02 Å². The normalized spacial score (nSPS) is 11.8. The lowest BCUT2D eigenvalue weighted by Gasteiger charge is -2.03. The molecule has 0 bridgehead atoms. The number of nitrogens with one attached hydrogen (secondary N) is 1. The number of H-pyrrole nitrogens is 1. The molecule has 0 fully saturated rings. The van der Waals surface area contributed by atoms with Crippen molar-refractivity contribution in [2.45, 2.75) is 0 Å². The van der Waals surface area contributed by atoms with Gasteiger partial charge in [-0.1, -0.05) is 35.3 Å². The fraction of sp³-hybridized carbons (Fsp3) is 0. The maximum atomic E-state index is 12.1. The Morgan fingerprint density at radius 2 is 2.05 bits per heavy atom. The third-order valence-electron chi connectivity index (χ3n) is 3.06. The summed E-state index contributed by atoms with van der Waals surface area (Å²) >= 11 is 12.1. The van der Waals surface area contributed by atoms with E-state index in [1.165, 1.54) is 0 Å². The molecule has 2 aromatic carbocycles. The van der Waals surface area contributed by atoms with Gasteiger partial charge in [0.15, 0.2) is 5.82 Å². The van der Waals surface area contributed by atoms with Gasteiger partial charge in [-0.2, -0.15) is 0 Å². The summed E-state index contributed by atoms with van der Waals surface area (Å²) in [7, 11) is 0. The molecule has 0 aliphatic carbocycles. The van der Waals surface area contributed by atoms with Crippen LogP contribution >= 0.6 is 23.2 Å². The number of aromatic amines is 1. The number of benzene rings is 2. The maximum Gasteiger partial charge on any atom is 0.259 e. The Labute approximate surface area is 135 Å². The van der Waals surface area contributed by atoms with E-state index in [2.05, 4.69) is 9.97 Å². The summed E-state index contributed by atoms with van der Waals surface area (Å²) in [6, 6.07) is 11.5. The van der Waals surface area contributed by atoms with Gasteiger partial charge in [0.1, 0.15) is 5.75 Å². The highest BCUT2D eigenvalue weighted by molar-refractivity contribution is 6.50. The number of halogens is 2. The monoisotopic (exact) mass is 332 g/mol. The number of hydrogen-bond acceptors (Lipinski definition) is 3. The van der Waals surface area contributed by atoms with Gasteiger partial charge in [-0.05, 0) is 42.0 Å². The molecule has 0 amide bonds. The van der Waals surface area contributed by atoms with Crippen molar-refractivity contribution in [3.05, 3.63) is 69.2 Å². The minimum atomic E-state index is -0.315. The first-order valence-corrected chi connectivity index (χ1v) is 7.15. The van der Waals surface area contributed by atoms with Crippen LogP contribution in [0.1, 0.15) is 11.4 Å². The Bertz CT molecular complexity index is 948. The molecule has 3 aromatic rings. The predicted octanol–water partition coefficient (Wildman–Crippen LogP) is 4.02. The molecule has 0 atom stereocenters. The molecule has 110 valence electrons. The number of nitrogens with zero attached hydrogens (tertiary/aromatic N) is 1. The Kier molecular flexibility index (Phi) is 3.88. The highest BCUT2D eigenvalue weighted by Gasteiger charge is 2.07. The summed E-state index contributed by atoms with van der Waals surface area (Å²) in [4.78, 5) is 19.0. The first-order chi connectivity index (χ1) is 10.5. The number of fused-ring (bicyclic) bond motifs is 1. The molecular formula is C16H10Cl2N2O2. The molecule has 0 aliphatic rings. The molecule has 3 rings (SSSR count). The molecule has 0 unspecified atom stereocenters. The van der Waals surface area contributed by atoms with E-state index >= 15 is 0 Å². The number of phenols is 1. The number of aromatic hydroxyl groups is 1. The average molecular weight is 333 g/mol. The zero-order valence-corrected chi connectivity index (χ0v) is 12.7. The van der Waals surface area contributed by atoms with Gasteiger partial charge < -0.3 is 10.1 Å². The zero-order valence-electron chi connectivity index (χ0n) is 11.2. The lowest BCUT2D eigenvalue weighted by atomic mass is 10.2. The highest BCUT2D eigenvalue weighted by Crippen LogP contribution is 2.22. The van der Waals surface area contributed by atoms with E-state index in [0.29, 0.717) is 21.5 Å². The fourth-order valence-electron chi connectivity index (χ4n) is 2.05. The molecule has 0 spiro atoms. The lowest BCUT2D eigenvalue weighted by molar-refractivity contribution is 0.475. The minimum Gasteiger partial charge on any atom is -0.508 e. The number of hydrogen-bond donors (Lipinski definition) is 2. The molecular weight excluding hydrogens is 323 g/mol. The molecule has 4 nitrogen and oxygen atoms in total. The standard InChI is InChI=1S/C16H10Cl2N2O2/c17-10-4-5-14-12(8-10)16(22)20-15(19-14)13(18)7-9-2-1-3-11(21)6-9/h1-8,21H,(H,19,20,22)/b13-7-. The van der Waals surface area contributed by atoms with Crippen LogP contribution in [0, 0.1) is 0 Å². The second kappa shape index (κ2) is 5.83. The Balaban J connectivity index is 2.10. The van der Waals surface area contributed by atoms with Gasteiger partial charge in [0.25, 0.3) is 5.56 Å². The SMILES string of the molecule is O=c1[nH]c(/C(Cl)=C/c2cccc(O)c2)nc2ccc(Cl)cc12. The highest BCUT2D eigenvalue weighted by atomic mass is 35.5. The maximum absolute atomic E-state index is 12.1. The third kappa shape index (κ3) is 2.98. The Hall–Kier alpha value is -2.30. The summed E-state index contributed by atoms with van der Waals surface area (Å²) in [5.41, 5.74) is 0.888. The quantitative estimate of drug-likeness (QED) is 0.744. The third-order valence-corrected chi connectivity index (χ3v) is 3.58. The Morgan fingerprint density at radius 1 is 1.23 bits per heavy atom. The van der Waals surface area contributed by atoms with Crippen molar-refractivity contribution >= 4 is 45.2 Å². The number of phenolic OH excluding ortho intramolecular Hbond substituents is 1. The van der Waals surface area contributed by atoms with Crippen molar-refractivity contribution < 1.29 is 5.11 Å². The Morgan fingerprint density at radius 3 is 2.82 bits per heavy atom. The van der Waals surface area contributed by atoms with Crippen LogP contribution in [-0.4, -0.2) is 15.1 Å². The van der Waals surface area contributed by atoms with Gasteiger partial charge in [-0.15, -0.1) is 0 Å². The van der Waals surface area contributed by atoms with Gasteiger partial charge >= 0.3 is 0 Å². The van der Waals surface area contributed by atoms with Crippen molar-refractivity contribution in [1.29, 1.82) is 0 Å². The van der Waals surface area contributed by atoms with Gasteiger partial charge in [0.05, 0.1) is 15.9 Å². The van der Waals surface area contributed by atoms with Crippen LogP contribution in [0.5, 0.6) is 5.75 Å². The van der Waals surface area contributed by atoms with Gasteiger partial charge in [0.2, 0.25) is 0 Å². The van der Waals surface area contributed by atoms with Crippen LogP contribution in [0.3, 0.4) is 0 Å². The summed E-state index contributed by atoms with van der Waals surface area (Å²) in [5, 5.41) is 10.6. The van der Waals surface area contributed by atoms with Gasteiger partial charge in [-0.3, -0.25) is 4.79 Å². The van der Waals surface area contributed by atoms with E-state index in [4.69, 9.17) is 23.2 Å². The molecule has 2 N–H and O–H groups in total. The van der Waals surface area contributed by atoms with Crippen molar-refractivity contribution in [2.75, 3.05) is 0 Å². The van der Waals surface area contributed by atoms with Crippen molar-refractivity contribution in [3.8, 4) is 5.75 Å². The summed E-state index contributed by atoms with van der Waals surface area (Å²) in [6.07, 6.45) is 1.61. The van der Waals surface area contributed by atoms with Crippen LogP contribution in [0.15, 0.2) is 47.3 Å². The number of aromatic nitrogens is 2. The van der Waals surface area contributed by atoms with Gasteiger partial charge in [-0.25, -0.2) is 4.98 Å². The van der Waals surface area contributed by atoms with E-state index in [1.54, 1.807) is 48.5 Å². The topological polar surface area (TPSA) is 66.0 Å². The summed E-state index contributed by atoms with van der Waals surface area (Å²) in [5.74, 6) is 0.387. The smallest absolute Gasteiger partial charge is 0.259 e. The van der Waals surface area contributed by atoms with Crippen LogP contribution < -0.4 is 5.56 Å². The van der Waals surface area contributed by atoms with Crippen LogP contribution in [0.25, 0.3) is 22.0 Å². The lowest BCUT2D eigenvalue weighted by Crippen LogP contribution is -2.10. The summed E-state index contributed by atoms with van der Waals surface area (Å²) < 4.78 is 0. The minimum absolute atomic E-state index is 0.132.